The van der Waals surface area contributed by atoms with Crippen molar-refractivity contribution in [3.63, 3.8) is 0 Å². The summed E-state index contributed by atoms with van der Waals surface area (Å²) in [4.78, 5) is 0. The lowest BCUT2D eigenvalue weighted by atomic mass is 10.0. The SMILES string of the molecule is CCCCC(Nc1ccc(C)cc1F)c1ccc(F)cc1. The van der Waals surface area contributed by atoms with E-state index < -0.39 is 0 Å². The molecule has 1 nitrogen and oxygen atoms in total. The van der Waals surface area contributed by atoms with Crippen molar-refractivity contribution >= 4 is 5.69 Å². The topological polar surface area (TPSA) is 12.0 Å². The van der Waals surface area contributed by atoms with Gasteiger partial charge in [-0.2, -0.15) is 0 Å². The molecule has 1 unspecified atom stereocenters. The van der Waals surface area contributed by atoms with E-state index in [0.29, 0.717) is 5.69 Å². The van der Waals surface area contributed by atoms with Crippen LogP contribution in [0.3, 0.4) is 0 Å². The van der Waals surface area contributed by atoms with Crippen LogP contribution in [-0.4, -0.2) is 0 Å². The highest BCUT2D eigenvalue weighted by atomic mass is 19.1. The molecule has 112 valence electrons. The molecule has 2 rings (SSSR count). The largest absolute Gasteiger partial charge is 0.376 e. The molecule has 0 heterocycles. The molecule has 21 heavy (non-hydrogen) atoms. The summed E-state index contributed by atoms with van der Waals surface area (Å²) in [5, 5.41) is 3.25. The summed E-state index contributed by atoms with van der Waals surface area (Å²) in [5.41, 5.74) is 2.36. The summed E-state index contributed by atoms with van der Waals surface area (Å²) in [6.45, 7) is 3.98. The van der Waals surface area contributed by atoms with Gasteiger partial charge in [0.25, 0.3) is 0 Å². The van der Waals surface area contributed by atoms with Crippen LogP contribution in [0.15, 0.2) is 42.5 Å². The van der Waals surface area contributed by atoms with Gasteiger partial charge in [-0.15, -0.1) is 0 Å². The number of anilines is 1. The Bertz CT molecular complexity index is 578. The van der Waals surface area contributed by atoms with Gasteiger partial charge in [-0.3, -0.25) is 0 Å². The molecule has 0 saturated carbocycles. The normalized spacial score (nSPS) is 12.2. The molecule has 0 aliphatic heterocycles. The van der Waals surface area contributed by atoms with Gasteiger partial charge in [0.1, 0.15) is 11.6 Å². The molecule has 0 amide bonds. The fraction of sp³-hybridized carbons (Fsp3) is 0.333. The van der Waals surface area contributed by atoms with Gasteiger partial charge in [0, 0.05) is 0 Å². The summed E-state index contributed by atoms with van der Waals surface area (Å²) >= 11 is 0. The molecule has 0 fully saturated rings. The average molecular weight is 289 g/mol. The van der Waals surface area contributed by atoms with Crippen LogP contribution in [-0.2, 0) is 0 Å². The van der Waals surface area contributed by atoms with Crippen LogP contribution in [0.4, 0.5) is 14.5 Å². The number of rotatable bonds is 6. The lowest BCUT2D eigenvalue weighted by Gasteiger charge is -2.21. The van der Waals surface area contributed by atoms with E-state index in [-0.39, 0.29) is 17.7 Å². The number of benzene rings is 2. The second kappa shape index (κ2) is 7.21. The van der Waals surface area contributed by atoms with Gasteiger partial charge < -0.3 is 5.32 Å². The van der Waals surface area contributed by atoms with Crippen molar-refractivity contribution in [1.29, 1.82) is 0 Å². The van der Waals surface area contributed by atoms with Crippen molar-refractivity contribution in [1.82, 2.24) is 0 Å². The second-order valence-corrected chi connectivity index (χ2v) is 5.37. The van der Waals surface area contributed by atoms with Crippen molar-refractivity contribution in [3.8, 4) is 0 Å². The monoisotopic (exact) mass is 289 g/mol. The third-order valence-electron chi connectivity index (χ3n) is 3.57. The van der Waals surface area contributed by atoms with Crippen molar-refractivity contribution in [3.05, 3.63) is 65.2 Å². The number of unbranched alkanes of at least 4 members (excludes halogenated alkanes) is 1. The van der Waals surface area contributed by atoms with E-state index in [1.54, 1.807) is 18.2 Å². The van der Waals surface area contributed by atoms with Gasteiger partial charge in [-0.25, -0.2) is 8.78 Å². The summed E-state index contributed by atoms with van der Waals surface area (Å²) < 4.78 is 27.0. The van der Waals surface area contributed by atoms with E-state index in [1.165, 1.54) is 18.2 Å². The zero-order valence-corrected chi connectivity index (χ0v) is 12.5. The highest BCUT2D eigenvalue weighted by Gasteiger charge is 2.13. The number of halogens is 2. The Labute approximate surface area is 125 Å². The molecule has 0 aliphatic carbocycles. The summed E-state index contributed by atoms with van der Waals surface area (Å²) in [5.74, 6) is -0.506. The van der Waals surface area contributed by atoms with Crippen LogP contribution in [0.25, 0.3) is 0 Å². The smallest absolute Gasteiger partial charge is 0.146 e. The Balaban J connectivity index is 2.21. The Kier molecular flexibility index (Phi) is 5.32. The molecule has 2 aromatic rings. The molecule has 0 bridgehead atoms. The van der Waals surface area contributed by atoms with E-state index in [2.05, 4.69) is 12.2 Å². The van der Waals surface area contributed by atoms with Crippen molar-refractivity contribution in [2.75, 3.05) is 5.32 Å². The average Bonchev–Trinajstić information content (AvgIpc) is 2.46. The first-order valence-electron chi connectivity index (χ1n) is 7.38. The number of hydrogen-bond acceptors (Lipinski definition) is 1. The molecule has 0 spiro atoms. The molecule has 0 aromatic heterocycles. The first kappa shape index (κ1) is 15.5. The summed E-state index contributed by atoms with van der Waals surface area (Å²) in [6.07, 6.45) is 2.98. The van der Waals surface area contributed by atoms with Crippen LogP contribution in [0.2, 0.25) is 0 Å². The summed E-state index contributed by atoms with van der Waals surface area (Å²) in [6, 6.07) is 11.6. The van der Waals surface area contributed by atoms with Crippen LogP contribution < -0.4 is 5.32 Å². The zero-order chi connectivity index (χ0) is 15.2. The zero-order valence-electron chi connectivity index (χ0n) is 12.5. The molecule has 0 radical (unpaired) electrons. The van der Waals surface area contributed by atoms with Crippen LogP contribution in [0.5, 0.6) is 0 Å². The van der Waals surface area contributed by atoms with Gasteiger partial charge in [0.2, 0.25) is 0 Å². The molecular formula is C18H21F2N. The standard InChI is InChI=1S/C18H21F2N/c1-3-4-5-17(14-7-9-15(19)10-8-14)21-18-11-6-13(2)12-16(18)20/h6-12,17,21H,3-5H2,1-2H3. The maximum Gasteiger partial charge on any atom is 0.146 e. The fourth-order valence-corrected chi connectivity index (χ4v) is 2.35. The minimum Gasteiger partial charge on any atom is -0.376 e. The minimum atomic E-state index is -0.255. The van der Waals surface area contributed by atoms with Gasteiger partial charge >= 0.3 is 0 Å². The van der Waals surface area contributed by atoms with Crippen LogP contribution in [0.1, 0.15) is 43.4 Å². The van der Waals surface area contributed by atoms with Crippen LogP contribution >= 0.6 is 0 Å². The third-order valence-corrected chi connectivity index (χ3v) is 3.57. The van der Waals surface area contributed by atoms with E-state index in [4.69, 9.17) is 0 Å². The van der Waals surface area contributed by atoms with Gasteiger partial charge in [-0.1, -0.05) is 38.0 Å². The van der Waals surface area contributed by atoms with Gasteiger partial charge in [-0.05, 0) is 48.7 Å². The minimum absolute atomic E-state index is 0.0113. The number of hydrogen-bond donors (Lipinski definition) is 1. The van der Waals surface area contributed by atoms with Crippen LogP contribution in [0, 0.1) is 18.6 Å². The molecule has 0 saturated heterocycles. The van der Waals surface area contributed by atoms with E-state index in [9.17, 15) is 8.78 Å². The van der Waals surface area contributed by atoms with Crippen molar-refractivity contribution in [2.45, 2.75) is 39.2 Å². The van der Waals surface area contributed by atoms with E-state index in [1.807, 2.05) is 13.0 Å². The van der Waals surface area contributed by atoms with E-state index in [0.717, 1.165) is 30.4 Å². The number of aryl methyl sites for hydroxylation is 1. The predicted molar refractivity (Wildman–Crippen MR) is 83.4 cm³/mol. The Morgan fingerprint density at radius 1 is 1.05 bits per heavy atom. The maximum atomic E-state index is 14.0. The lowest BCUT2D eigenvalue weighted by molar-refractivity contribution is 0.602. The Morgan fingerprint density at radius 3 is 2.38 bits per heavy atom. The van der Waals surface area contributed by atoms with E-state index >= 15 is 0 Å². The first-order valence-corrected chi connectivity index (χ1v) is 7.38. The molecular weight excluding hydrogens is 268 g/mol. The van der Waals surface area contributed by atoms with Crippen molar-refractivity contribution < 1.29 is 8.78 Å². The Morgan fingerprint density at radius 2 is 1.76 bits per heavy atom. The first-order chi connectivity index (χ1) is 10.1. The molecule has 1 atom stereocenters. The predicted octanol–water partition coefficient (Wildman–Crippen LogP) is 5.62. The molecule has 3 heteroatoms. The molecule has 1 N–H and O–H groups in total. The summed E-state index contributed by atoms with van der Waals surface area (Å²) in [7, 11) is 0. The van der Waals surface area contributed by atoms with Gasteiger partial charge in [0.05, 0.1) is 11.7 Å². The second-order valence-electron chi connectivity index (χ2n) is 5.37. The number of nitrogens with one attached hydrogen (secondary N) is 1. The highest BCUT2D eigenvalue weighted by molar-refractivity contribution is 5.48. The highest BCUT2D eigenvalue weighted by Crippen LogP contribution is 2.26. The molecule has 0 aliphatic rings. The Hall–Kier alpha value is -1.90. The van der Waals surface area contributed by atoms with Crippen molar-refractivity contribution in [2.24, 2.45) is 0 Å². The maximum absolute atomic E-state index is 14.0. The molecule has 2 aromatic carbocycles. The quantitative estimate of drug-likeness (QED) is 0.728. The fourth-order valence-electron chi connectivity index (χ4n) is 2.35. The third kappa shape index (κ3) is 4.28. The lowest BCUT2D eigenvalue weighted by Crippen LogP contribution is -2.12. The van der Waals surface area contributed by atoms with Gasteiger partial charge in [0.15, 0.2) is 0 Å².